The van der Waals surface area contributed by atoms with E-state index in [2.05, 4.69) is 10.0 Å². The van der Waals surface area contributed by atoms with Crippen LogP contribution in [0.4, 0.5) is 0 Å². The Hall–Kier alpha value is -1.21. The monoisotopic (exact) mass is 455 g/mol. The Balaban J connectivity index is 3.96. The van der Waals surface area contributed by atoms with Gasteiger partial charge < -0.3 is 28.8 Å². The average Bonchev–Trinajstić information content (AvgIpc) is 2.71. The number of aliphatic hydroxyl groups excluding tert-OH is 1. The number of carbonyl (C=O) groups is 2. The third-order valence-corrected chi connectivity index (χ3v) is 5.30. The molecule has 168 valence electrons. The molecule has 0 amide bonds. The minimum absolute atomic E-state index is 0.0729. The maximum Gasteiger partial charge on any atom is 0.328 e. The molecule has 0 rings (SSSR count). The number of nitrogens with zero attached hydrogens (tertiary/aromatic N) is 3. The van der Waals surface area contributed by atoms with Crippen LogP contribution < -0.4 is 0 Å². The Labute approximate surface area is 178 Å². The highest BCUT2D eigenvalue weighted by molar-refractivity contribution is 8.76. The predicted molar refractivity (Wildman–Crippen MR) is 109 cm³/mol. The van der Waals surface area contributed by atoms with E-state index in [1.54, 1.807) is 13.8 Å². The third kappa shape index (κ3) is 12.2. The summed E-state index contributed by atoms with van der Waals surface area (Å²) in [7, 11) is 2.88. The van der Waals surface area contributed by atoms with Crippen molar-refractivity contribution in [1.29, 1.82) is 0 Å². The summed E-state index contributed by atoms with van der Waals surface area (Å²) in [5.74, 6) is -0.830. The van der Waals surface area contributed by atoms with Crippen molar-refractivity contribution in [3.05, 3.63) is 10.4 Å². The molecule has 0 aliphatic heterocycles. The van der Waals surface area contributed by atoms with E-state index in [0.29, 0.717) is 38.7 Å². The molecule has 29 heavy (non-hydrogen) atoms. The largest absolute Gasteiger partial charge is 0.465 e. The molecular weight excluding hydrogens is 426 g/mol. The van der Waals surface area contributed by atoms with Crippen molar-refractivity contribution in [1.82, 2.24) is 0 Å². The zero-order chi connectivity index (χ0) is 21.8. The van der Waals surface area contributed by atoms with Crippen LogP contribution in [0.15, 0.2) is 5.11 Å². The number of rotatable bonds is 19. The van der Waals surface area contributed by atoms with Crippen LogP contribution in [0, 0.1) is 5.41 Å². The average molecular weight is 456 g/mol. The summed E-state index contributed by atoms with van der Waals surface area (Å²) in [6.07, 6.45) is 0. The summed E-state index contributed by atoms with van der Waals surface area (Å²) in [4.78, 5) is 26.9. The van der Waals surface area contributed by atoms with E-state index >= 15 is 0 Å². The van der Waals surface area contributed by atoms with Crippen molar-refractivity contribution in [3.8, 4) is 0 Å². The van der Waals surface area contributed by atoms with Gasteiger partial charge in [0.2, 0.25) is 5.41 Å². The van der Waals surface area contributed by atoms with Crippen molar-refractivity contribution in [2.45, 2.75) is 13.8 Å². The molecular formula is C16H29N3O8S2. The number of hydrogen-bond acceptors (Lipinski definition) is 11. The van der Waals surface area contributed by atoms with Crippen molar-refractivity contribution in [3.63, 3.8) is 0 Å². The van der Waals surface area contributed by atoms with E-state index in [9.17, 15) is 14.7 Å². The lowest BCUT2D eigenvalue weighted by atomic mass is 9.90. The Morgan fingerprint density at radius 1 is 1.00 bits per heavy atom. The summed E-state index contributed by atoms with van der Waals surface area (Å²) in [6, 6.07) is 0. The van der Waals surface area contributed by atoms with Gasteiger partial charge in [0.15, 0.2) is 0 Å². The number of hydrogen-bond donors (Lipinski definition) is 1. The normalized spacial score (nSPS) is 11.0. The molecule has 0 bridgehead atoms. The first kappa shape index (κ1) is 27.8. The van der Waals surface area contributed by atoms with Crippen LogP contribution in [0.5, 0.6) is 0 Å². The molecule has 0 unspecified atom stereocenters. The van der Waals surface area contributed by atoms with Crippen LogP contribution in [0.2, 0.25) is 0 Å². The first-order valence-corrected chi connectivity index (χ1v) is 11.5. The minimum atomic E-state index is -1.88. The van der Waals surface area contributed by atoms with E-state index < -0.39 is 24.0 Å². The zero-order valence-corrected chi connectivity index (χ0v) is 18.4. The Kier molecular flexibility index (Phi) is 18.0. The standard InChI is InChI=1S/C16H29N3O8S2/c1-3-26-14(21)16(11-20,15(22)27-4-2)12-25-13-29-28-10-9-24-8-7-23-6-5-18-19-17/h20H,3-13H2,1-2H3. The molecule has 11 nitrogen and oxygen atoms in total. The van der Waals surface area contributed by atoms with Gasteiger partial charge >= 0.3 is 11.9 Å². The topological polar surface area (TPSA) is 149 Å². The minimum Gasteiger partial charge on any atom is -0.465 e. The Morgan fingerprint density at radius 3 is 2.17 bits per heavy atom. The fourth-order valence-electron chi connectivity index (χ4n) is 1.82. The summed E-state index contributed by atoms with van der Waals surface area (Å²) < 4.78 is 25.8. The number of esters is 2. The number of aliphatic hydroxyl groups is 1. The van der Waals surface area contributed by atoms with Gasteiger partial charge in [-0.1, -0.05) is 26.7 Å². The Morgan fingerprint density at radius 2 is 1.62 bits per heavy atom. The van der Waals surface area contributed by atoms with E-state index in [1.807, 2.05) is 0 Å². The second-order valence-electron chi connectivity index (χ2n) is 5.27. The van der Waals surface area contributed by atoms with Crippen LogP contribution in [-0.2, 0) is 33.3 Å². The first-order chi connectivity index (χ1) is 14.1. The predicted octanol–water partition coefficient (Wildman–Crippen LogP) is 1.79. The molecule has 0 heterocycles. The van der Waals surface area contributed by atoms with E-state index in [-0.39, 0.29) is 25.8 Å². The fourth-order valence-corrected chi connectivity index (χ4v) is 3.31. The molecule has 0 aromatic heterocycles. The molecule has 0 aromatic rings. The summed E-state index contributed by atoms with van der Waals surface area (Å²) in [5, 5.41) is 13.0. The molecule has 0 aliphatic rings. The second kappa shape index (κ2) is 18.8. The van der Waals surface area contributed by atoms with E-state index in [1.165, 1.54) is 21.6 Å². The van der Waals surface area contributed by atoms with Crippen molar-refractivity contribution < 1.29 is 38.4 Å². The van der Waals surface area contributed by atoms with Gasteiger partial charge in [-0.2, -0.15) is 0 Å². The number of carbonyl (C=O) groups excluding carboxylic acids is 2. The van der Waals surface area contributed by atoms with Crippen LogP contribution in [0.3, 0.4) is 0 Å². The summed E-state index contributed by atoms with van der Waals surface area (Å²) in [5.41, 5.74) is 6.22. The van der Waals surface area contributed by atoms with E-state index in [0.717, 1.165) is 0 Å². The lowest BCUT2D eigenvalue weighted by molar-refractivity contribution is -0.179. The van der Waals surface area contributed by atoms with Gasteiger partial charge in [0, 0.05) is 17.2 Å². The Bertz CT molecular complexity index is 489. The molecule has 0 spiro atoms. The van der Waals surface area contributed by atoms with Gasteiger partial charge in [-0.05, 0) is 19.4 Å². The molecule has 13 heteroatoms. The highest BCUT2D eigenvalue weighted by Crippen LogP contribution is 2.25. The summed E-state index contributed by atoms with van der Waals surface area (Å²) >= 11 is 0. The number of azide groups is 1. The summed E-state index contributed by atoms with van der Waals surface area (Å²) in [6.45, 7) is 4.31. The SMILES string of the molecule is CCOC(=O)C(CO)(COCSSCCOCCOCCN=[N+]=[N-])C(=O)OCC. The van der Waals surface area contributed by atoms with Crippen molar-refractivity contribution in [2.24, 2.45) is 10.5 Å². The maximum atomic E-state index is 12.2. The van der Waals surface area contributed by atoms with Crippen LogP contribution in [0.1, 0.15) is 13.8 Å². The van der Waals surface area contributed by atoms with Gasteiger partial charge in [0.25, 0.3) is 0 Å². The van der Waals surface area contributed by atoms with Crippen molar-refractivity contribution in [2.75, 3.05) is 71.1 Å². The zero-order valence-electron chi connectivity index (χ0n) is 16.7. The molecule has 0 saturated carbocycles. The van der Waals surface area contributed by atoms with Crippen LogP contribution in [0.25, 0.3) is 10.4 Å². The lowest BCUT2D eigenvalue weighted by Gasteiger charge is -2.26. The van der Waals surface area contributed by atoms with Crippen LogP contribution >= 0.6 is 21.6 Å². The lowest BCUT2D eigenvalue weighted by Crippen LogP contribution is -2.48. The molecule has 0 aliphatic carbocycles. The molecule has 1 N–H and O–H groups in total. The highest BCUT2D eigenvalue weighted by atomic mass is 33.1. The van der Waals surface area contributed by atoms with Crippen molar-refractivity contribution >= 4 is 33.5 Å². The van der Waals surface area contributed by atoms with Gasteiger partial charge in [-0.25, -0.2) is 0 Å². The first-order valence-electron chi connectivity index (χ1n) is 9.02. The quantitative estimate of drug-likeness (QED) is 0.0446. The van der Waals surface area contributed by atoms with Gasteiger partial charge in [-0.3, -0.25) is 9.59 Å². The molecule has 0 aromatic carbocycles. The van der Waals surface area contributed by atoms with Gasteiger partial charge in [0.05, 0.1) is 52.9 Å². The second-order valence-corrected chi connectivity index (χ2v) is 7.80. The number of ether oxygens (including phenoxy) is 5. The van der Waals surface area contributed by atoms with Gasteiger partial charge in [-0.15, -0.1) is 0 Å². The van der Waals surface area contributed by atoms with Crippen LogP contribution in [-0.4, -0.2) is 88.1 Å². The molecule has 0 saturated heterocycles. The smallest absolute Gasteiger partial charge is 0.328 e. The third-order valence-electron chi connectivity index (χ3n) is 3.25. The molecule has 0 radical (unpaired) electrons. The molecule has 0 fully saturated rings. The van der Waals surface area contributed by atoms with Gasteiger partial charge in [0.1, 0.15) is 5.94 Å². The van der Waals surface area contributed by atoms with E-state index in [4.69, 9.17) is 29.2 Å². The highest BCUT2D eigenvalue weighted by Gasteiger charge is 2.49. The maximum absolute atomic E-state index is 12.2. The fraction of sp³-hybridized carbons (Fsp3) is 0.875. The molecule has 0 atom stereocenters.